The Morgan fingerprint density at radius 1 is 1.12 bits per heavy atom. The van der Waals surface area contributed by atoms with Crippen molar-refractivity contribution < 1.29 is 47.7 Å². The number of aromatic nitrogens is 4. The molecule has 3 unspecified atom stereocenters. The fourth-order valence-corrected chi connectivity index (χ4v) is 8.51. The second-order valence-corrected chi connectivity index (χ2v) is 14.9. The summed E-state index contributed by atoms with van der Waals surface area (Å²) < 4.78 is 48.5. The third kappa shape index (κ3) is 5.20. The van der Waals surface area contributed by atoms with Gasteiger partial charge >= 0.3 is 15.2 Å². The standard InChI is InChI=1S/C22H25ClFN5O9P2/c23-21-26-18(28-7-22(8-28)4-11-1-2-13(24)3-12(11)5-22)15-19(27-21)29(9-25-15)20-17(31)16(30)14(38-20)6-37-40(35,36)10-39(32,33)34/h1-3,9,14,16-17,20,30-31H,4-8,10H2,(H,35,36)(H2,32,33,34)/t14-,16?,17?,20-/m1/s1. The lowest BCUT2D eigenvalue weighted by Gasteiger charge is -2.49. The minimum absolute atomic E-state index is 0.0591. The molecule has 2 saturated heterocycles. The minimum atomic E-state index is -4.85. The van der Waals surface area contributed by atoms with Gasteiger partial charge in [-0.1, -0.05) is 6.07 Å². The Kier molecular flexibility index (Phi) is 6.87. The number of aliphatic hydroxyl groups excluding tert-OH is 2. The van der Waals surface area contributed by atoms with Gasteiger partial charge in [0.15, 0.2) is 29.1 Å². The summed E-state index contributed by atoms with van der Waals surface area (Å²) in [5, 5.41) is 21.1. The van der Waals surface area contributed by atoms with Crippen LogP contribution >= 0.6 is 26.8 Å². The maximum absolute atomic E-state index is 13.7. The molecule has 3 aliphatic rings. The van der Waals surface area contributed by atoms with E-state index >= 15 is 0 Å². The number of fused-ring (bicyclic) bond motifs is 2. The van der Waals surface area contributed by atoms with Gasteiger partial charge in [-0.2, -0.15) is 9.97 Å². The van der Waals surface area contributed by atoms with E-state index < -0.39 is 52.2 Å². The summed E-state index contributed by atoms with van der Waals surface area (Å²) in [5.74, 6) is -1.20. The molecule has 1 aromatic carbocycles. The zero-order chi connectivity index (χ0) is 28.6. The molecule has 2 aliphatic heterocycles. The Hall–Kier alpha value is -2.03. The largest absolute Gasteiger partial charge is 0.387 e. The van der Waals surface area contributed by atoms with Crippen molar-refractivity contribution in [3.8, 4) is 0 Å². The van der Waals surface area contributed by atoms with E-state index in [2.05, 4.69) is 15.0 Å². The quantitative estimate of drug-likeness (QED) is 0.187. The van der Waals surface area contributed by atoms with Crippen molar-refractivity contribution in [1.82, 2.24) is 19.5 Å². The van der Waals surface area contributed by atoms with Crippen LogP contribution in [0.2, 0.25) is 5.28 Å². The van der Waals surface area contributed by atoms with E-state index in [-0.39, 0.29) is 22.2 Å². The van der Waals surface area contributed by atoms with Gasteiger partial charge in [-0.25, -0.2) is 9.37 Å². The lowest BCUT2D eigenvalue weighted by Crippen LogP contribution is -2.57. The molecule has 0 radical (unpaired) electrons. The van der Waals surface area contributed by atoms with E-state index in [1.54, 1.807) is 6.07 Å². The third-order valence-corrected chi connectivity index (χ3v) is 11.1. The number of imidazole rings is 1. The lowest BCUT2D eigenvalue weighted by molar-refractivity contribution is -0.0483. The average molecular weight is 620 g/mol. The molecule has 216 valence electrons. The second kappa shape index (κ2) is 9.77. The number of ether oxygens (including phenoxy) is 1. The molecular weight excluding hydrogens is 595 g/mol. The molecule has 14 nitrogen and oxygen atoms in total. The second-order valence-electron chi connectivity index (χ2n) is 10.5. The molecular formula is C22H25ClFN5O9P2. The fourth-order valence-electron chi connectivity index (χ4n) is 5.78. The van der Waals surface area contributed by atoms with Gasteiger partial charge in [-0.05, 0) is 47.7 Å². The minimum Gasteiger partial charge on any atom is -0.387 e. The molecule has 2 fully saturated rings. The molecule has 0 amide bonds. The smallest absolute Gasteiger partial charge is 0.340 e. The predicted octanol–water partition coefficient (Wildman–Crippen LogP) is 1.18. The fraction of sp³-hybridized carbons (Fsp3) is 0.500. The first-order chi connectivity index (χ1) is 18.7. The van der Waals surface area contributed by atoms with E-state index in [9.17, 15) is 28.6 Å². The molecule has 4 heterocycles. The summed E-state index contributed by atoms with van der Waals surface area (Å²) >= 11 is 6.25. The van der Waals surface area contributed by atoms with Crippen LogP contribution in [0.4, 0.5) is 10.2 Å². The van der Waals surface area contributed by atoms with Crippen LogP contribution in [0.5, 0.6) is 0 Å². The molecule has 1 spiro atoms. The van der Waals surface area contributed by atoms with Gasteiger partial charge in [0.1, 0.15) is 24.1 Å². The number of aliphatic hydroxyl groups is 2. The summed E-state index contributed by atoms with van der Waals surface area (Å²) in [6, 6.07) is 4.86. The SMILES string of the molecule is O=P(O)(O)CP(=O)(O)OC[C@H]1O[C@@H](n2cnc3c(N4CC5(Cc6ccc(F)cc6C5)C4)nc(Cl)nc32)C(O)C1O. The van der Waals surface area contributed by atoms with Gasteiger partial charge in [-0.3, -0.25) is 13.7 Å². The average Bonchev–Trinajstić information content (AvgIpc) is 3.49. The van der Waals surface area contributed by atoms with E-state index in [0.717, 1.165) is 24.0 Å². The molecule has 3 aromatic rings. The van der Waals surface area contributed by atoms with Gasteiger partial charge in [0.05, 0.1) is 12.9 Å². The van der Waals surface area contributed by atoms with Gasteiger partial charge in [0, 0.05) is 18.5 Å². The predicted molar refractivity (Wildman–Crippen MR) is 137 cm³/mol. The Balaban J connectivity index is 1.19. The van der Waals surface area contributed by atoms with Crippen LogP contribution in [0.25, 0.3) is 11.2 Å². The van der Waals surface area contributed by atoms with Crippen LogP contribution in [-0.4, -0.2) is 88.3 Å². The van der Waals surface area contributed by atoms with Crippen LogP contribution in [0.1, 0.15) is 17.4 Å². The highest BCUT2D eigenvalue weighted by molar-refractivity contribution is 7.70. The summed E-state index contributed by atoms with van der Waals surface area (Å²) in [6.07, 6.45) is -2.77. The highest BCUT2D eigenvalue weighted by Gasteiger charge is 2.49. The highest BCUT2D eigenvalue weighted by atomic mass is 35.5. The molecule has 6 rings (SSSR count). The van der Waals surface area contributed by atoms with E-state index in [1.807, 2.05) is 11.0 Å². The van der Waals surface area contributed by atoms with Crippen LogP contribution in [0.15, 0.2) is 24.5 Å². The first kappa shape index (κ1) is 28.1. The summed E-state index contributed by atoms with van der Waals surface area (Å²) in [4.78, 5) is 42.6. The van der Waals surface area contributed by atoms with Gasteiger partial charge in [0.2, 0.25) is 5.28 Å². The van der Waals surface area contributed by atoms with Crippen molar-refractivity contribution in [2.45, 2.75) is 37.4 Å². The molecule has 40 heavy (non-hydrogen) atoms. The molecule has 5 N–H and O–H groups in total. The number of hydrogen-bond acceptors (Lipinski definition) is 10. The van der Waals surface area contributed by atoms with Crippen molar-refractivity contribution in [3.05, 3.63) is 46.8 Å². The Bertz CT molecular complexity index is 1580. The van der Waals surface area contributed by atoms with Crippen LogP contribution < -0.4 is 4.90 Å². The topological polar surface area (TPSA) is 201 Å². The third-order valence-electron chi connectivity index (χ3n) is 7.44. The Morgan fingerprint density at radius 2 is 1.85 bits per heavy atom. The molecule has 2 aromatic heterocycles. The monoisotopic (exact) mass is 619 g/mol. The van der Waals surface area contributed by atoms with Crippen LogP contribution in [0, 0.1) is 11.2 Å². The highest BCUT2D eigenvalue weighted by Crippen LogP contribution is 2.55. The number of rotatable bonds is 7. The van der Waals surface area contributed by atoms with Crippen LogP contribution in [-0.2, 0) is 31.2 Å². The number of nitrogens with zero attached hydrogens (tertiary/aromatic N) is 5. The maximum atomic E-state index is 13.7. The summed E-state index contributed by atoms with van der Waals surface area (Å²) in [6.45, 7) is 0.544. The zero-order valence-electron chi connectivity index (χ0n) is 20.6. The van der Waals surface area contributed by atoms with E-state index in [1.165, 1.54) is 17.0 Å². The summed E-state index contributed by atoms with van der Waals surface area (Å²) in [7, 11) is -9.55. The zero-order valence-corrected chi connectivity index (χ0v) is 23.2. The van der Waals surface area contributed by atoms with Gasteiger partial charge in [-0.15, -0.1) is 0 Å². The summed E-state index contributed by atoms with van der Waals surface area (Å²) in [5.41, 5.74) is 2.64. The van der Waals surface area contributed by atoms with Crippen LogP contribution in [0.3, 0.4) is 0 Å². The van der Waals surface area contributed by atoms with Crippen molar-refractivity contribution >= 4 is 43.8 Å². The van der Waals surface area contributed by atoms with Crippen molar-refractivity contribution in [2.24, 2.45) is 5.41 Å². The number of benzene rings is 1. The van der Waals surface area contributed by atoms with Gasteiger partial charge < -0.3 is 39.1 Å². The van der Waals surface area contributed by atoms with Crippen molar-refractivity contribution in [2.75, 3.05) is 30.5 Å². The lowest BCUT2D eigenvalue weighted by atomic mass is 9.77. The number of hydrogen-bond donors (Lipinski definition) is 5. The maximum Gasteiger partial charge on any atom is 0.340 e. The molecule has 18 heteroatoms. The normalized spacial score (nSPS) is 27.2. The van der Waals surface area contributed by atoms with E-state index in [0.29, 0.717) is 24.4 Å². The first-order valence-corrected chi connectivity index (χ1v) is 16.1. The van der Waals surface area contributed by atoms with Crippen molar-refractivity contribution in [3.63, 3.8) is 0 Å². The van der Waals surface area contributed by atoms with E-state index in [4.69, 9.17) is 30.6 Å². The molecule has 0 bridgehead atoms. The number of anilines is 1. The Morgan fingerprint density at radius 3 is 2.58 bits per heavy atom. The first-order valence-electron chi connectivity index (χ1n) is 12.2. The number of halogens is 2. The molecule has 1 aliphatic carbocycles. The molecule has 5 atom stereocenters. The Labute approximate surface area is 231 Å². The van der Waals surface area contributed by atoms with Gasteiger partial charge in [0.25, 0.3) is 0 Å². The van der Waals surface area contributed by atoms with Crippen molar-refractivity contribution in [1.29, 1.82) is 0 Å². The molecule has 0 saturated carbocycles.